The summed E-state index contributed by atoms with van der Waals surface area (Å²) in [4.78, 5) is 28.8. The monoisotopic (exact) mass is 350 g/mol. The van der Waals surface area contributed by atoms with Crippen molar-refractivity contribution in [1.29, 1.82) is 0 Å². The maximum absolute atomic E-state index is 12.4. The highest BCUT2D eigenvalue weighted by Crippen LogP contribution is 2.22. The van der Waals surface area contributed by atoms with Gasteiger partial charge in [0, 0.05) is 38.8 Å². The van der Waals surface area contributed by atoms with Gasteiger partial charge in [0.05, 0.1) is 12.6 Å². The Hall–Kier alpha value is -1.14. The molecule has 2 N–H and O–H groups in total. The third-order valence-corrected chi connectivity index (χ3v) is 5.93. The second-order valence-corrected chi connectivity index (χ2v) is 8.08. The summed E-state index contributed by atoms with van der Waals surface area (Å²) >= 11 is 0. The first kappa shape index (κ1) is 18.6. The molecule has 1 unspecified atom stereocenters. The zero-order valence-corrected chi connectivity index (χ0v) is 15.6. The van der Waals surface area contributed by atoms with Crippen LogP contribution in [0.3, 0.4) is 0 Å². The van der Waals surface area contributed by atoms with Gasteiger partial charge in [-0.05, 0) is 38.5 Å². The van der Waals surface area contributed by atoms with Crippen LogP contribution in [0.4, 0.5) is 0 Å². The topological polar surface area (TPSA) is 64.7 Å². The lowest BCUT2D eigenvalue weighted by molar-refractivity contribution is -0.128. The summed E-state index contributed by atoms with van der Waals surface area (Å²) in [5.74, 6) is 0.978. The highest BCUT2D eigenvalue weighted by atomic mass is 16.2. The Morgan fingerprint density at radius 3 is 2.32 bits per heavy atom. The maximum atomic E-state index is 12.4. The Balaban J connectivity index is 1.33. The molecule has 0 bridgehead atoms. The van der Waals surface area contributed by atoms with Gasteiger partial charge in [-0.25, -0.2) is 0 Å². The largest absolute Gasteiger partial charge is 0.354 e. The molecule has 3 fully saturated rings. The molecule has 1 atom stereocenters. The molecule has 2 aliphatic carbocycles. The van der Waals surface area contributed by atoms with Crippen LogP contribution in [-0.4, -0.2) is 73.0 Å². The number of rotatable bonds is 7. The van der Waals surface area contributed by atoms with Gasteiger partial charge in [0.25, 0.3) is 0 Å². The van der Waals surface area contributed by atoms with Crippen LogP contribution >= 0.6 is 0 Å². The number of hydrogen-bond acceptors (Lipinski definition) is 4. The lowest BCUT2D eigenvalue weighted by Crippen LogP contribution is -2.55. The van der Waals surface area contributed by atoms with Gasteiger partial charge in [-0.1, -0.05) is 19.3 Å². The summed E-state index contributed by atoms with van der Waals surface area (Å²) in [5, 5.41) is 6.21. The van der Waals surface area contributed by atoms with Crippen molar-refractivity contribution in [3.8, 4) is 0 Å². The van der Waals surface area contributed by atoms with E-state index in [1.54, 1.807) is 0 Å². The van der Waals surface area contributed by atoms with Crippen molar-refractivity contribution < 1.29 is 9.59 Å². The summed E-state index contributed by atoms with van der Waals surface area (Å²) < 4.78 is 0. The second-order valence-electron chi connectivity index (χ2n) is 8.08. The third kappa shape index (κ3) is 5.96. The van der Waals surface area contributed by atoms with E-state index in [2.05, 4.69) is 20.4 Å². The van der Waals surface area contributed by atoms with Crippen LogP contribution in [0, 0.1) is 5.92 Å². The predicted molar refractivity (Wildman–Crippen MR) is 98.2 cm³/mol. The first-order chi connectivity index (χ1) is 12.1. The first-order valence-electron chi connectivity index (χ1n) is 10.2. The molecule has 25 heavy (non-hydrogen) atoms. The van der Waals surface area contributed by atoms with Crippen molar-refractivity contribution in [1.82, 2.24) is 20.4 Å². The van der Waals surface area contributed by atoms with Gasteiger partial charge in [-0.15, -0.1) is 0 Å². The average molecular weight is 351 g/mol. The van der Waals surface area contributed by atoms with Crippen LogP contribution in [0.25, 0.3) is 0 Å². The molecule has 0 aromatic carbocycles. The molecule has 3 aliphatic rings. The van der Waals surface area contributed by atoms with E-state index in [0.29, 0.717) is 18.5 Å². The van der Waals surface area contributed by atoms with Crippen LogP contribution in [0.5, 0.6) is 0 Å². The minimum absolute atomic E-state index is 0.0777. The minimum atomic E-state index is -0.0777. The molecule has 2 saturated carbocycles. The van der Waals surface area contributed by atoms with Gasteiger partial charge in [-0.3, -0.25) is 19.4 Å². The molecule has 1 heterocycles. The van der Waals surface area contributed by atoms with Crippen LogP contribution in [-0.2, 0) is 9.59 Å². The first-order valence-corrected chi connectivity index (χ1v) is 10.2. The summed E-state index contributed by atoms with van der Waals surface area (Å²) in [6.07, 6.45) is 8.76. The zero-order valence-electron chi connectivity index (χ0n) is 15.6. The molecule has 6 heteroatoms. The van der Waals surface area contributed by atoms with Gasteiger partial charge in [0.15, 0.2) is 0 Å². The summed E-state index contributed by atoms with van der Waals surface area (Å²) in [6.45, 7) is 6.77. The number of nitrogens with zero attached hydrogens (tertiary/aromatic N) is 2. The number of carbonyl (C=O) groups excluding carboxylic acids is 2. The zero-order chi connectivity index (χ0) is 17.6. The van der Waals surface area contributed by atoms with E-state index in [9.17, 15) is 9.59 Å². The van der Waals surface area contributed by atoms with Crippen molar-refractivity contribution in [2.75, 3.05) is 39.3 Å². The molecule has 6 nitrogen and oxygen atoms in total. The lowest BCUT2D eigenvalue weighted by atomic mass is 9.89. The molecule has 1 aliphatic heterocycles. The normalized spacial score (nSPS) is 24.7. The van der Waals surface area contributed by atoms with Crippen LogP contribution in [0.15, 0.2) is 0 Å². The SMILES string of the molecule is CC(C(=O)NCC1CCCCC1)N1CCN(CC(=O)NC2CC2)CC1. The van der Waals surface area contributed by atoms with Gasteiger partial charge in [0.2, 0.25) is 11.8 Å². The highest BCUT2D eigenvalue weighted by molar-refractivity contribution is 5.81. The lowest BCUT2D eigenvalue weighted by Gasteiger charge is -2.37. The molecule has 2 amide bonds. The number of piperazine rings is 1. The van der Waals surface area contributed by atoms with Gasteiger partial charge in [0.1, 0.15) is 0 Å². The molecule has 142 valence electrons. The Morgan fingerprint density at radius 2 is 1.68 bits per heavy atom. The average Bonchev–Trinajstić information content (AvgIpc) is 3.44. The number of hydrogen-bond donors (Lipinski definition) is 2. The molecule has 0 aromatic rings. The van der Waals surface area contributed by atoms with Gasteiger partial charge >= 0.3 is 0 Å². The van der Waals surface area contributed by atoms with Crippen molar-refractivity contribution in [3.63, 3.8) is 0 Å². The van der Waals surface area contributed by atoms with E-state index in [0.717, 1.165) is 45.6 Å². The van der Waals surface area contributed by atoms with E-state index in [1.165, 1.54) is 32.1 Å². The van der Waals surface area contributed by atoms with Gasteiger partial charge in [-0.2, -0.15) is 0 Å². The fourth-order valence-corrected chi connectivity index (χ4v) is 3.96. The quantitative estimate of drug-likeness (QED) is 0.718. The van der Waals surface area contributed by atoms with E-state index >= 15 is 0 Å². The summed E-state index contributed by atoms with van der Waals surface area (Å²) in [7, 11) is 0. The van der Waals surface area contributed by atoms with Crippen molar-refractivity contribution in [2.24, 2.45) is 5.92 Å². The van der Waals surface area contributed by atoms with Crippen molar-refractivity contribution >= 4 is 11.8 Å². The van der Waals surface area contributed by atoms with Crippen LogP contribution < -0.4 is 10.6 Å². The van der Waals surface area contributed by atoms with Crippen LogP contribution in [0.1, 0.15) is 51.9 Å². The third-order valence-electron chi connectivity index (χ3n) is 5.93. The van der Waals surface area contributed by atoms with Crippen LogP contribution in [0.2, 0.25) is 0 Å². The fourth-order valence-electron chi connectivity index (χ4n) is 3.96. The summed E-state index contributed by atoms with van der Waals surface area (Å²) in [5.41, 5.74) is 0. The Labute approximate surface area is 151 Å². The second kappa shape index (κ2) is 8.99. The Kier molecular flexibility index (Phi) is 6.70. The Bertz CT molecular complexity index is 452. The van der Waals surface area contributed by atoms with E-state index < -0.39 is 0 Å². The molecule has 0 radical (unpaired) electrons. The number of nitrogens with one attached hydrogen (secondary N) is 2. The van der Waals surface area contributed by atoms with Crippen molar-refractivity contribution in [3.05, 3.63) is 0 Å². The minimum Gasteiger partial charge on any atom is -0.354 e. The number of carbonyl (C=O) groups is 2. The molecular weight excluding hydrogens is 316 g/mol. The fraction of sp³-hybridized carbons (Fsp3) is 0.895. The van der Waals surface area contributed by atoms with E-state index in [4.69, 9.17) is 0 Å². The van der Waals surface area contributed by atoms with Gasteiger partial charge < -0.3 is 10.6 Å². The smallest absolute Gasteiger partial charge is 0.237 e. The highest BCUT2D eigenvalue weighted by Gasteiger charge is 2.28. The maximum Gasteiger partial charge on any atom is 0.237 e. The molecular formula is C19H34N4O2. The summed E-state index contributed by atoms with van der Waals surface area (Å²) in [6, 6.07) is 0.354. The van der Waals surface area contributed by atoms with E-state index in [1.807, 2.05) is 6.92 Å². The molecule has 0 spiro atoms. The molecule has 0 aromatic heterocycles. The molecule has 3 rings (SSSR count). The Morgan fingerprint density at radius 1 is 1.00 bits per heavy atom. The predicted octanol–water partition coefficient (Wildman–Crippen LogP) is 0.968. The number of amides is 2. The molecule has 1 saturated heterocycles. The standard InChI is InChI=1S/C19H34N4O2/c1-15(19(25)20-13-16-5-3-2-4-6-16)23-11-9-22(10-12-23)14-18(24)21-17-7-8-17/h15-17H,2-14H2,1H3,(H,20,25)(H,21,24). The van der Waals surface area contributed by atoms with E-state index in [-0.39, 0.29) is 17.9 Å². The van der Waals surface area contributed by atoms with Crippen molar-refractivity contribution in [2.45, 2.75) is 64.0 Å².